The lowest BCUT2D eigenvalue weighted by Crippen LogP contribution is -2.07. The van der Waals surface area contributed by atoms with E-state index >= 15 is 0 Å². The summed E-state index contributed by atoms with van der Waals surface area (Å²) in [5, 5.41) is 3.93. The Hall–Kier alpha value is -1.84. The van der Waals surface area contributed by atoms with E-state index in [-0.39, 0.29) is 5.78 Å². The molecule has 0 aromatic heterocycles. The minimum Gasteiger partial charge on any atom is -0.497 e. The molecule has 0 amide bonds. The van der Waals surface area contributed by atoms with Crippen molar-refractivity contribution in [2.24, 2.45) is 5.10 Å². The lowest BCUT2D eigenvalue weighted by Gasteiger charge is -2.03. The molecular formula is C11H14N2O2. The van der Waals surface area contributed by atoms with E-state index in [0.29, 0.717) is 5.71 Å². The first-order chi connectivity index (χ1) is 7.13. The zero-order valence-corrected chi connectivity index (χ0v) is 9.07. The van der Waals surface area contributed by atoms with E-state index in [4.69, 9.17) is 4.74 Å². The molecule has 0 aliphatic rings. The van der Waals surface area contributed by atoms with Gasteiger partial charge in [0.1, 0.15) is 11.5 Å². The highest BCUT2D eigenvalue weighted by molar-refractivity contribution is 6.38. The van der Waals surface area contributed by atoms with Gasteiger partial charge in [-0.3, -0.25) is 10.2 Å². The van der Waals surface area contributed by atoms with Crippen molar-refractivity contribution in [3.8, 4) is 5.75 Å². The molecular weight excluding hydrogens is 192 g/mol. The van der Waals surface area contributed by atoms with Crippen LogP contribution in [-0.2, 0) is 4.79 Å². The van der Waals surface area contributed by atoms with E-state index < -0.39 is 0 Å². The van der Waals surface area contributed by atoms with Gasteiger partial charge in [-0.15, -0.1) is 0 Å². The van der Waals surface area contributed by atoms with Crippen LogP contribution in [-0.4, -0.2) is 18.6 Å². The van der Waals surface area contributed by atoms with Crippen LogP contribution in [0, 0.1) is 0 Å². The van der Waals surface area contributed by atoms with E-state index in [2.05, 4.69) is 10.5 Å². The molecule has 1 aromatic carbocycles. The number of nitrogens with zero attached hydrogens (tertiary/aromatic N) is 1. The number of nitrogens with one attached hydrogen (secondary N) is 1. The Morgan fingerprint density at radius 2 is 1.87 bits per heavy atom. The van der Waals surface area contributed by atoms with Crippen molar-refractivity contribution >= 4 is 17.2 Å². The van der Waals surface area contributed by atoms with Crippen molar-refractivity contribution in [3.63, 3.8) is 0 Å². The van der Waals surface area contributed by atoms with Gasteiger partial charge < -0.3 is 4.74 Å². The number of ether oxygens (including phenoxy) is 1. The van der Waals surface area contributed by atoms with Crippen molar-refractivity contribution < 1.29 is 9.53 Å². The maximum Gasteiger partial charge on any atom is 0.175 e. The first-order valence-corrected chi connectivity index (χ1v) is 4.59. The summed E-state index contributed by atoms with van der Waals surface area (Å²) < 4.78 is 5.02. The largest absolute Gasteiger partial charge is 0.497 e. The summed E-state index contributed by atoms with van der Waals surface area (Å²) in [5.74, 6) is 0.740. The first kappa shape index (κ1) is 11.2. The van der Waals surface area contributed by atoms with E-state index in [9.17, 15) is 4.79 Å². The number of carbonyl (C=O) groups is 1. The Morgan fingerprint density at radius 1 is 1.27 bits per heavy atom. The quantitative estimate of drug-likeness (QED) is 0.606. The molecule has 0 saturated heterocycles. The molecule has 0 unspecified atom stereocenters. The van der Waals surface area contributed by atoms with E-state index in [1.807, 2.05) is 24.3 Å². The molecule has 0 saturated carbocycles. The number of benzene rings is 1. The van der Waals surface area contributed by atoms with Gasteiger partial charge in [0.05, 0.1) is 12.8 Å². The smallest absolute Gasteiger partial charge is 0.175 e. The zero-order valence-electron chi connectivity index (χ0n) is 9.07. The molecule has 0 fully saturated rings. The minimum atomic E-state index is -0.0454. The highest BCUT2D eigenvalue weighted by Crippen LogP contribution is 2.14. The van der Waals surface area contributed by atoms with Crippen LogP contribution < -0.4 is 10.2 Å². The SMILES string of the molecule is COc1ccc(NN=C(C)C(C)=O)cc1. The second-order valence-electron chi connectivity index (χ2n) is 3.09. The number of ketones is 1. The molecule has 0 bridgehead atoms. The van der Waals surface area contributed by atoms with Gasteiger partial charge in [0, 0.05) is 6.92 Å². The van der Waals surface area contributed by atoms with Crippen LogP contribution in [0.15, 0.2) is 29.4 Å². The van der Waals surface area contributed by atoms with Gasteiger partial charge in [-0.25, -0.2) is 0 Å². The molecule has 0 radical (unpaired) electrons. The number of hydrogen-bond donors (Lipinski definition) is 1. The van der Waals surface area contributed by atoms with Gasteiger partial charge in [-0.1, -0.05) is 0 Å². The summed E-state index contributed by atoms with van der Waals surface area (Å²) in [4.78, 5) is 10.9. The number of anilines is 1. The highest BCUT2D eigenvalue weighted by atomic mass is 16.5. The molecule has 0 atom stereocenters. The topological polar surface area (TPSA) is 50.7 Å². The lowest BCUT2D eigenvalue weighted by atomic mass is 10.3. The van der Waals surface area contributed by atoms with Gasteiger partial charge in [0.25, 0.3) is 0 Å². The van der Waals surface area contributed by atoms with Gasteiger partial charge in [0.15, 0.2) is 5.78 Å². The molecule has 0 aliphatic carbocycles. The predicted molar refractivity (Wildman–Crippen MR) is 60.4 cm³/mol. The van der Waals surface area contributed by atoms with Crippen molar-refractivity contribution in [2.75, 3.05) is 12.5 Å². The summed E-state index contributed by atoms with van der Waals surface area (Å²) in [5.41, 5.74) is 4.05. The van der Waals surface area contributed by atoms with Crippen molar-refractivity contribution in [1.29, 1.82) is 0 Å². The molecule has 0 aliphatic heterocycles. The van der Waals surface area contributed by atoms with Crippen molar-refractivity contribution in [2.45, 2.75) is 13.8 Å². The summed E-state index contributed by atoms with van der Waals surface area (Å²) >= 11 is 0. The summed E-state index contributed by atoms with van der Waals surface area (Å²) in [6.07, 6.45) is 0. The van der Waals surface area contributed by atoms with Crippen LogP contribution in [0.3, 0.4) is 0 Å². The van der Waals surface area contributed by atoms with E-state index in [1.54, 1.807) is 14.0 Å². The fourth-order valence-electron chi connectivity index (χ4n) is 0.893. The predicted octanol–water partition coefficient (Wildman–Crippen LogP) is 2.07. The molecule has 1 aromatic rings. The Morgan fingerprint density at radius 3 is 2.33 bits per heavy atom. The van der Waals surface area contributed by atoms with Crippen molar-refractivity contribution in [1.82, 2.24) is 0 Å². The minimum absolute atomic E-state index is 0.0454. The van der Waals surface area contributed by atoms with Crippen molar-refractivity contribution in [3.05, 3.63) is 24.3 Å². The Labute approximate surface area is 88.9 Å². The Kier molecular flexibility index (Phi) is 3.85. The molecule has 80 valence electrons. The average molecular weight is 206 g/mol. The van der Waals surface area contributed by atoms with Crippen LogP contribution in [0.5, 0.6) is 5.75 Å². The molecule has 15 heavy (non-hydrogen) atoms. The second kappa shape index (κ2) is 5.14. The molecule has 0 spiro atoms. The van der Waals surface area contributed by atoms with Crippen LogP contribution in [0.2, 0.25) is 0 Å². The number of methoxy groups -OCH3 is 1. The third-order valence-electron chi connectivity index (χ3n) is 1.95. The number of hydrazone groups is 1. The standard InChI is InChI=1S/C11H14N2O2/c1-8(9(2)14)12-13-10-4-6-11(15-3)7-5-10/h4-7,13H,1-3H3. The fourth-order valence-corrected chi connectivity index (χ4v) is 0.893. The molecule has 4 heteroatoms. The van der Waals surface area contributed by atoms with Gasteiger partial charge in [0.2, 0.25) is 0 Å². The molecule has 0 heterocycles. The lowest BCUT2D eigenvalue weighted by molar-refractivity contribution is -0.111. The molecule has 1 rings (SSSR count). The number of hydrogen-bond acceptors (Lipinski definition) is 4. The maximum absolute atomic E-state index is 10.9. The van der Waals surface area contributed by atoms with Crippen LogP contribution in [0.25, 0.3) is 0 Å². The van der Waals surface area contributed by atoms with Crippen LogP contribution in [0.1, 0.15) is 13.8 Å². The molecule has 1 N–H and O–H groups in total. The van der Waals surface area contributed by atoms with E-state index in [1.165, 1.54) is 6.92 Å². The number of Topliss-reactive ketones (excluding diaryl/α,β-unsaturated/α-hetero) is 1. The molecule has 4 nitrogen and oxygen atoms in total. The Bertz CT molecular complexity index is 369. The number of rotatable bonds is 4. The second-order valence-corrected chi connectivity index (χ2v) is 3.09. The first-order valence-electron chi connectivity index (χ1n) is 4.59. The van der Waals surface area contributed by atoms with Crippen LogP contribution in [0.4, 0.5) is 5.69 Å². The summed E-state index contributed by atoms with van der Waals surface area (Å²) in [7, 11) is 1.61. The third-order valence-corrected chi connectivity index (χ3v) is 1.95. The monoisotopic (exact) mass is 206 g/mol. The fraction of sp³-hybridized carbons (Fsp3) is 0.273. The zero-order chi connectivity index (χ0) is 11.3. The van der Waals surface area contributed by atoms with Crippen LogP contribution >= 0.6 is 0 Å². The van der Waals surface area contributed by atoms with Gasteiger partial charge >= 0.3 is 0 Å². The Balaban J connectivity index is 2.66. The normalized spacial score (nSPS) is 11.0. The summed E-state index contributed by atoms with van der Waals surface area (Å²) in [6.45, 7) is 3.15. The van der Waals surface area contributed by atoms with E-state index in [0.717, 1.165) is 11.4 Å². The van der Waals surface area contributed by atoms with Gasteiger partial charge in [-0.2, -0.15) is 5.10 Å². The highest BCUT2D eigenvalue weighted by Gasteiger charge is 1.97. The third kappa shape index (κ3) is 3.42. The van der Waals surface area contributed by atoms with Gasteiger partial charge in [-0.05, 0) is 31.2 Å². The summed E-state index contributed by atoms with van der Waals surface area (Å²) in [6, 6.07) is 7.30. The average Bonchev–Trinajstić information content (AvgIpc) is 2.26. The number of carbonyl (C=O) groups excluding carboxylic acids is 1. The maximum atomic E-state index is 10.9.